The van der Waals surface area contributed by atoms with E-state index in [0.29, 0.717) is 21.9 Å². The van der Waals surface area contributed by atoms with Gasteiger partial charge in [-0.1, -0.05) is 37.3 Å². The quantitative estimate of drug-likeness (QED) is 0.512. The van der Waals surface area contributed by atoms with E-state index in [1.165, 1.54) is 18.5 Å². The van der Waals surface area contributed by atoms with Gasteiger partial charge >= 0.3 is 0 Å². The van der Waals surface area contributed by atoms with Gasteiger partial charge in [-0.15, -0.1) is 0 Å². The molecule has 4 rings (SSSR count). The van der Waals surface area contributed by atoms with E-state index < -0.39 is 5.82 Å². The molecular formula is C24H25FN4O2. The van der Waals surface area contributed by atoms with Gasteiger partial charge in [-0.2, -0.15) is 0 Å². The van der Waals surface area contributed by atoms with Crippen molar-refractivity contribution in [3.63, 3.8) is 0 Å². The Labute approximate surface area is 179 Å². The topological polar surface area (TPSA) is 68.9 Å². The third kappa shape index (κ3) is 3.83. The van der Waals surface area contributed by atoms with Crippen LogP contribution in [0.3, 0.4) is 0 Å². The molecule has 2 unspecified atom stereocenters. The van der Waals surface area contributed by atoms with Crippen LogP contribution in [0.1, 0.15) is 38.8 Å². The SMILES string of the molecule is CCC(C)NC(=O)Cn1c2ccc(F)cc2c2ncn(C(C)c3ccccc3)c(=O)c21. The number of benzene rings is 2. The maximum absolute atomic E-state index is 14.0. The molecule has 0 spiro atoms. The number of rotatable bonds is 6. The van der Waals surface area contributed by atoms with Crippen molar-refractivity contribution in [2.24, 2.45) is 0 Å². The Morgan fingerprint density at radius 2 is 1.90 bits per heavy atom. The van der Waals surface area contributed by atoms with Crippen molar-refractivity contribution in [1.29, 1.82) is 0 Å². The predicted octanol–water partition coefficient (Wildman–Crippen LogP) is 4.01. The fraction of sp³-hybridized carbons (Fsp3) is 0.292. The number of aromatic nitrogens is 3. The second kappa shape index (κ2) is 8.34. The normalized spacial score (nSPS) is 13.4. The molecule has 2 atom stereocenters. The number of carbonyl (C=O) groups is 1. The molecule has 0 fully saturated rings. The summed E-state index contributed by atoms with van der Waals surface area (Å²) in [5.41, 5.74) is 1.99. The largest absolute Gasteiger partial charge is 0.352 e. The van der Waals surface area contributed by atoms with Crippen LogP contribution in [0.4, 0.5) is 4.39 Å². The maximum Gasteiger partial charge on any atom is 0.278 e. The Balaban J connectivity index is 1.91. The van der Waals surface area contributed by atoms with Crippen molar-refractivity contribution < 1.29 is 9.18 Å². The lowest BCUT2D eigenvalue weighted by Crippen LogP contribution is -2.35. The third-order valence-corrected chi connectivity index (χ3v) is 5.77. The first kappa shape index (κ1) is 20.8. The first-order valence-electron chi connectivity index (χ1n) is 10.4. The molecule has 4 aromatic rings. The minimum Gasteiger partial charge on any atom is -0.352 e. The highest BCUT2D eigenvalue weighted by atomic mass is 19.1. The maximum atomic E-state index is 14.0. The second-order valence-corrected chi connectivity index (χ2v) is 7.87. The van der Waals surface area contributed by atoms with Gasteiger partial charge in [-0.05, 0) is 44.0 Å². The molecule has 0 saturated carbocycles. The zero-order valence-corrected chi connectivity index (χ0v) is 17.8. The van der Waals surface area contributed by atoms with Gasteiger partial charge in [0.15, 0.2) is 0 Å². The molecule has 7 heteroatoms. The zero-order valence-electron chi connectivity index (χ0n) is 17.8. The summed E-state index contributed by atoms with van der Waals surface area (Å²) in [5.74, 6) is -0.623. The molecule has 0 bridgehead atoms. The van der Waals surface area contributed by atoms with E-state index >= 15 is 0 Å². The summed E-state index contributed by atoms with van der Waals surface area (Å²) in [7, 11) is 0. The number of hydrogen-bond acceptors (Lipinski definition) is 3. The van der Waals surface area contributed by atoms with Crippen LogP contribution in [0.2, 0.25) is 0 Å². The molecule has 31 heavy (non-hydrogen) atoms. The number of amides is 1. The van der Waals surface area contributed by atoms with E-state index in [1.54, 1.807) is 15.2 Å². The number of nitrogens with zero attached hydrogens (tertiary/aromatic N) is 3. The smallest absolute Gasteiger partial charge is 0.278 e. The summed E-state index contributed by atoms with van der Waals surface area (Å²) in [6, 6.07) is 13.7. The summed E-state index contributed by atoms with van der Waals surface area (Å²) in [6.07, 6.45) is 2.29. The zero-order chi connectivity index (χ0) is 22.1. The molecular weight excluding hydrogens is 395 g/mol. The molecule has 0 radical (unpaired) electrons. The lowest BCUT2D eigenvalue weighted by molar-refractivity contribution is -0.122. The highest BCUT2D eigenvalue weighted by molar-refractivity contribution is 6.06. The van der Waals surface area contributed by atoms with Gasteiger partial charge in [0, 0.05) is 11.4 Å². The van der Waals surface area contributed by atoms with Crippen molar-refractivity contribution in [1.82, 2.24) is 19.4 Å². The van der Waals surface area contributed by atoms with E-state index in [-0.39, 0.29) is 30.1 Å². The number of nitrogens with one attached hydrogen (secondary N) is 1. The standard InChI is InChI=1S/C24H25FN4O2/c1-4-15(2)27-21(30)13-28-20-11-10-18(25)12-19(20)22-23(28)24(31)29(14-26-22)16(3)17-8-6-5-7-9-17/h5-12,14-16H,4,13H2,1-3H3,(H,27,30). The van der Waals surface area contributed by atoms with Crippen LogP contribution in [0.5, 0.6) is 0 Å². The van der Waals surface area contributed by atoms with Crippen molar-refractivity contribution >= 4 is 27.8 Å². The van der Waals surface area contributed by atoms with Crippen molar-refractivity contribution in [2.75, 3.05) is 0 Å². The van der Waals surface area contributed by atoms with Gasteiger partial charge in [0.2, 0.25) is 5.91 Å². The van der Waals surface area contributed by atoms with Crippen LogP contribution in [-0.4, -0.2) is 26.1 Å². The Morgan fingerprint density at radius 1 is 1.16 bits per heavy atom. The lowest BCUT2D eigenvalue weighted by atomic mass is 10.1. The molecule has 0 aliphatic heterocycles. The Bertz CT molecular complexity index is 1310. The number of halogens is 1. The minimum absolute atomic E-state index is 0.0194. The number of fused-ring (bicyclic) bond motifs is 3. The van der Waals surface area contributed by atoms with E-state index in [1.807, 2.05) is 51.1 Å². The van der Waals surface area contributed by atoms with Gasteiger partial charge in [-0.25, -0.2) is 9.37 Å². The Kier molecular flexibility index (Phi) is 5.59. The van der Waals surface area contributed by atoms with Crippen molar-refractivity contribution in [3.05, 3.63) is 76.6 Å². The fourth-order valence-corrected chi connectivity index (χ4v) is 3.85. The van der Waals surface area contributed by atoms with E-state index in [4.69, 9.17) is 0 Å². The number of carbonyl (C=O) groups excluding carboxylic acids is 1. The summed E-state index contributed by atoms with van der Waals surface area (Å²) in [4.78, 5) is 30.7. The van der Waals surface area contributed by atoms with Crippen LogP contribution in [0.25, 0.3) is 21.9 Å². The van der Waals surface area contributed by atoms with Crippen LogP contribution >= 0.6 is 0 Å². The third-order valence-electron chi connectivity index (χ3n) is 5.77. The molecule has 160 valence electrons. The number of hydrogen-bond donors (Lipinski definition) is 1. The minimum atomic E-state index is -0.417. The van der Waals surface area contributed by atoms with Gasteiger partial charge in [-0.3, -0.25) is 14.2 Å². The molecule has 0 aliphatic rings. The molecule has 2 heterocycles. The first-order chi connectivity index (χ1) is 14.9. The van der Waals surface area contributed by atoms with Crippen LogP contribution in [-0.2, 0) is 11.3 Å². The van der Waals surface area contributed by atoms with Gasteiger partial charge < -0.3 is 9.88 Å². The lowest BCUT2D eigenvalue weighted by Gasteiger charge is -2.16. The average molecular weight is 420 g/mol. The first-order valence-corrected chi connectivity index (χ1v) is 10.4. The second-order valence-electron chi connectivity index (χ2n) is 7.87. The Hall–Kier alpha value is -3.48. The predicted molar refractivity (Wildman–Crippen MR) is 120 cm³/mol. The summed E-state index contributed by atoms with van der Waals surface area (Å²) < 4.78 is 17.2. The Morgan fingerprint density at radius 3 is 2.61 bits per heavy atom. The molecule has 2 aromatic carbocycles. The fourth-order valence-electron chi connectivity index (χ4n) is 3.85. The van der Waals surface area contributed by atoms with E-state index in [0.717, 1.165) is 12.0 Å². The summed E-state index contributed by atoms with van der Waals surface area (Å²) in [5, 5.41) is 3.44. The van der Waals surface area contributed by atoms with Gasteiger partial charge in [0.05, 0.1) is 17.9 Å². The molecule has 1 N–H and O–H groups in total. The molecule has 0 saturated heterocycles. The van der Waals surface area contributed by atoms with Crippen LogP contribution in [0.15, 0.2) is 59.7 Å². The van der Waals surface area contributed by atoms with Crippen LogP contribution < -0.4 is 10.9 Å². The van der Waals surface area contributed by atoms with E-state index in [9.17, 15) is 14.0 Å². The average Bonchev–Trinajstić information content (AvgIpc) is 3.07. The highest BCUT2D eigenvalue weighted by Crippen LogP contribution is 2.27. The van der Waals surface area contributed by atoms with Crippen molar-refractivity contribution in [2.45, 2.75) is 45.8 Å². The van der Waals surface area contributed by atoms with Gasteiger partial charge in [0.25, 0.3) is 5.56 Å². The summed E-state index contributed by atoms with van der Waals surface area (Å²) in [6.45, 7) is 5.79. The molecule has 6 nitrogen and oxygen atoms in total. The molecule has 2 aromatic heterocycles. The van der Waals surface area contributed by atoms with E-state index in [2.05, 4.69) is 10.3 Å². The summed E-state index contributed by atoms with van der Waals surface area (Å²) >= 11 is 0. The van der Waals surface area contributed by atoms with Crippen LogP contribution in [0, 0.1) is 5.82 Å². The molecule has 0 aliphatic carbocycles. The van der Waals surface area contributed by atoms with Crippen molar-refractivity contribution in [3.8, 4) is 0 Å². The van der Waals surface area contributed by atoms with Gasteiger partial charge in [0.1, 0.15) is 23.4 Å². The molecule has 1 amide bonds. The monoisotopic (exact) mass is 420 g/mol. The highest BCUT2D eigenvalue weighted by Gasteiger charge is 2.21.